The molecule has 0 saturated carbocycles. The van der Waals surface area contributed by atoms with Crippen LogP contribution in [0.5, 0.6) is 0 Å². The molecule has 3 heteroatoms. The minimum Gasteiger partial charge on any atom is -0.265 e. The monoisotopic (exact) mass is 186 g/mol. The molecule has 0 spiro atoms. The number of hydrogen-bond donors (Lipinski definition) is 0. The van der Waals surface area contributed by atoms with Gasteiger partial charge in [-0.3, -0.25) is 10.1 Å². The lowest BCUT2D eigenvalue weighted by Crippen LogP contribution is -1.99. The molecule has 13 heavy (non-hydrogen) atoms. The third-order valence-corrected chi connectivity index (χ3v) is 2.09. The molecule has 0 saturated heterocycles. The fraction of sp³-hybridized carbons (Fsp3) is 0.900. The molecule has 0 aliphatic rings. The topological polar surface area (TPSA) is 43.1 Å². The molecule has 0 N–H and O–H groups in total. The fourth-order valence-electron chi connectivity index (χ4n) is 1.30. The van der Waals surface area contributed by atoms with Crippen molar-refractivity contribution in [3.8, 4) is 0 Å². The molecule has 0 amide bonds. The van der Waals surface area contributed by atoms with E-state index in [0.29, 0.717) is 0 Å². The zero-order valence-corrected chi connectivity index (χ0v) is 8.33. The Morgan fingerprint density at radius 2 is 1.38 bits per heavy atom. The Morgan fingerprint density at radius 1 is 0.923 bits per heavy atom. The van der Waals surface area contributed by atoms with Crippen LogP contribution < -0.4 is 0 Å². The highest BCUT2D eigenvalue weighted by Gasteiger charge is 1.96. The summed E-state index contributed by atoms with van der Waals surface area (Å²) in [4.78, 5) is 9.74. The summed E-state index contributed by atoms with van der Waals surface area (Å²) < 4.78 is 0. The number of nitrogens with zero attached hydrogens (tertiary/aromatic N) is 1. The third-order valence-electron chi connectivity index (χ3n) is 2.09. The number of rotatable bonds is 9. The molecular formula is C10H20NO2. The van der Waals surface area contributed by atoms with Crippen molar-refractivity contribution in [2.75, 3.05) is 6.54 Å². The summed E-state index contributed by atoms with van der Waals surface area (Å²) in [6.45, 7) is 3.92. The maximum absolute atomic E-state index is 9.97. The SMILES string of the molecule is [CH2]CCCCCCCCC[N+](=O)[O-]. The summed E-state index contributed by atoms with van der Waals surface area (Å²) in [5, 5.41) is 9.97. The summed E-state index contributed by atoms with van der Waals surface area (Å²) in [5.74, 6) is 0. The van der Waals surface area contributed by atoms with E-state index in [1.165, 1.54) is 25.7 Å². The number of nitro groups is 1. The summed E-state index contributed by atoms with van der Waals surface area (Å²) in [6, 6.07) is 0. The molecule has 0 aromatic rings. The maximum atomic E-state index is 9.97. The van der Waals surface area contributed by atoms with Gasteiger partial charge in [-0.25, -0.2) is 0 Å². The van der Waals surface area contributed by atoms with Gasteiger partial charge >= 0.3 is 0 Å². The van der Waals surface area contributed by atoms with E-state index in [9.17, 15) is 10.1 Å². The Labute approximate surface area is 80.7 Å². The van der Waals surface area contributed by atoms with Crippen LogP contribution in [0.3, 0.4) is 0 Å². The van der Waals surface area contributed by atoms with Crippen LogP contribution in [0.15, 0.2) is 0 Å². The predicted molar refractivity (Wildman–Crippen MR) is 54.2 cm³/mol. The van der Waals surface area contributed by atoms with Crippen LogP contribution in [-0.2, 0) is 0 Å². The van der Waals surface area contributed by atoms with Gasteiger partial charge in [-0.15, -0.1) is 0 Å². The Balaban J connectivity index is 2.87. The van der Waals surface area contributed by atoms with Crippen LogP contribution in [0.1, 0.15) is 51.4 Å². The van der Waals surface area contributed by atoms with Crippen LogP contribution >= 0.6 is 0 Å². The second-order valence-corrected chi connectivity index (χ2v) is 3.38. The average Bonchev–Trinajstić information content (AvgIpc) is 2.09. The van der Waals surface area contributed by atoms with Crippen molar-refractivity contribution in [2.45, 2.75) is 51.4 Å². The van der Waals surface area contributed by atoms with E-state index < -0.39 is 0 Å². The maximum Gasteiger partial charge on any atom is 0.203 e. The molecule has 0 aliphatic heterocycles. The summed E-state index contributed by atoms with van der Waals surface area (Å²) >= 11 is 0. The lowest BCUT2D eigenvalue weighted by molar-refractivity contribution is -0.480. The highest BCUT2D eigenvalue weighted by molar-refractivity contribution is 4.47. The molecule has 1 radical (unpaired) electrons. The molecule has 0 aromatic carbocycles. The van der Waals surface area contributed by atoms with Gasteiger partial charge in [-0.05, 0) is 6.42 Å². The van der Waals surface area contributed by atoms with E-state index in [-0.39, 0.29) is 11.5 Å². The highest BCUT2D eigenvalue weighted by Crippen LogP contribution is 2.07. The van der Waals surface area contributed by atoms with Crippen molar-refractivity contribution < 1.29 is 4.92 Å². The van der Waals surface area contributed by atoms with Gasteiger partial charge in [-0.1, -0.05) is 45.4 Å². The van der Waals surface area contributed by atoms with Crippen molar-refractivity contribution in [3.63, 3.8) is 0 Å². The zero-order valence-electron chi connectivity index (χ0n) is 8.33. The second kappa shape index (κ2) is 9.49. The Kier molecular flexibility index (Phi) is 9.05. The lowest BCUT2D eigenvalue weighted by atomic mass is 10.1. The van der Waals surface area contributed by atoms with E-state index in [1.807, 2.05) is 0 Å². The standard InChI is InChI=1S/C10H20NO2/c1-2-3-4-5-6-7-8-9-10-11(12)13/h1-10H2. The third kappa shape index (κ3) is 11.4. The van der Waals surface area contributed by atoms with Crippen molar-refractivity contribution in [1.29, 1.82) is 0 Å². The normalized spacial score (nSPS) is 10.2. The first-order valence-electron chi connectivity index (χ1n) is 5.18. The molecule has 0 rings (SSSR count). The first-order valence-corrected chi connectivity index (χ1v) is 5.18. The molecule has 77 valence electrons. The molecule has 0 heterocycles. The van der Waals surface area contributed by atoms with E-state index in [1.54, 1.807) is 0 Å². The van der Waals surface area contributed by atoms with E-state index in [2.05, 4.69) is 6.92 Å². The molecule has 0 unspecified atom stereocenters. The van der Waals surface area contributed by atoms with Gasteiger partial charge in [0.05, 0.1) is 0 Å². The smallest absolute Gasteiger partial charge is 0.203 e. The van der Waals surface area contributed by atoms with Gasteiger partial charge in [0, 0.05) is 11.3 Å². The minimum absolute atomic E-state index is 0.138. The van der Waals surface area contributed by atoms with Crippen molar-refractivity contribution in [1.82, 2.24) is 0 Å². The van der Waals surface area contributed by atoms with Gasteiger partial charge in [0.1, 0.15) is 0 Å². The van der Waals surface area contributed by atoms with Crippen molar-refractivity contribution >= 4 is 0 Å². The molecule has 0 aliphatic carbocycles. The van der Waals surface area contributed by atoms with E-state index in [0.717, 1.165) is 25.7 Å². The van der Waals surface area contributed by atoms with Crippen LogP contribution in [0.4, 0.5) is 0 Å². The van der Waals surface area contributed by atoms with Crippen molar-refractivity contribution in [2.24, 2.45) is 0 Å². The predicted octanol–water partition coefficient (Wildman–Crippen LogP) is 3.22. The first-order chi connectivity index (χ1) is 6.27. The van der Waals surface area contributed by atoms with Gasteiger partial charge in [0.25, 0.3) is 0 Å². The molecule has 3 nitrogen and oxygen atoms in total. The highest BCUT2D eigenvalue weighted by atomic mass is 16.6. The molecule has 0 bridgehead atoms. The average molecular weight is 186 g/mol. The van der Waals surface area contributed by atoms with Crippen molar-refractivity contribution in [3.05, 3.63) is 17.0 Å². The summed E-state index contributed by atoms with van der Waals surface area (Å²) in [7, 11) is 0. The fourth-order valence-corrected chi connectivity index (χ4v) is 1.30. The first kappa shape index (κ1) is 12.4. The van der Waals surface area contributed by atoms with E-state index in [4.69, 9.17) is 0 Å². The Bertz CT molecular complexity index is 126. The molecule has 0 atom stereocenters. The van der Waals surface area contributed by atoms with Gasteiger partial charge in [-0.2, -0.15) is 0 Å². The zero-order chi connectivity index (χ0) is 9.94. The minimum atomic E-state index is -0.233. The Morgan fingerprint density at radius 3 is 1.85 bits per heavy atom. The van der Waals surface area contributed by atoms with Crippen LogP contribution in [0, 0.1) is 17.0 Å². The molecule has 0 fully saturated rings. The second-order valence-electron chi connectivity index (χ2n) is 3.38. The van der Waals surface area contributed by atoms with Crippen LogP contribution in [0.2, 0.25) is 0 Å². The summed E-state index contributed by atoms with van der Waals surface area (Å²) in [5.41, 5.74) is 0. The van der Waals surface area contributed by atoms with Gasteiger partial charge < -0.3 is 0 Å². The van der Waals surface area contributed by atoms with Crippen LogP contribution in [-0.4, -0.2) is 11.5 Å². The quantitative estimate of drug-likeness (QED) is 0.315. The largest absolute Gasteiger partial charge is 0.265 e. The van der Waals surface area contributed by atoms with E-state index >= 15 is 0 Å². The molecule has 0 aromatic heterocycles. The van der Waals surface area contributed by atoms with Gasteiger partial charge in [0.15, 0.2) is 0 Å². The molecular weight excluding hydrogens is 166 g/mol. The summed E-state index contributed by atoms with van der Waals surface area (Å²) in [6.07, 6.45) is 8.87. The number of hydrogen-bond acceptors (Lipinski definition) is 2. The van der Waals surface area contributed by atoms with Gasteiger partial charge in [0.2, 0.25) is 6.54 Å². The lowest BCUT2D eigenvalue weighted by Gasteiger charge is -1.98. The Hall–Kier alpha value is -0.600. The van der Waals surface area contributed by atoms with Crippen LogP contribution in [0.25, 0.3) is 0 Å². The number of unbranched alkanes of at least 4 members (excludes halogenated alkanes) is 7.